The first-order chi connectivity index (χ1) is 13.7. The smallest absolute Gasteiger partial charge is 0.228 e. The maximum absolute atomic E-state index is 12.8. The van der Waals surface area contributed by atoms with Crippen LogP contribution in [0.1, 0.15) is 24.2 Å². The maximum atomic E-state index is 12.8. The molecule has 6 nitrogen and oxygen atoms in total. The van der Waals surface area contributed by atoms with Crippen LogP contribution in [0.4, 0.5) is 5.69 Å². The van der Waals surface area contributed by atoms with E-state index >= 15 is 0 Å². The molecule has 0 bridgehead atoms. The number of pyridine rings is 1. The third-order valence-corrected chi connectivity index (χ3v) is 5.08. The predicted molar refractivity (Wildman–Crippen MR) is 108 cm³/mol. The second-order valence-corrected chi connectivity index (χ2v) is 7.18. The fraction of sp³-hybridized carbons (Fsp3) is 0.318. The van der Waals surface area contributed by atoms with E-state index in [9.17, 15) is 4.79 Å². The van der Waals surface area contributed by atoms with Crippen LogP contribution in [-0.4, -0.2) is 41.1 Å². The highest BCUT2D eigenvalue weighted by Crippen LogP contribution is 2.27. The average molecular weight is 376 g/mol. The fourth-order valence-electron chi connectivity index (χ4n) is 3.61. The zero-order valence-electron chi connectivity index (χ0n) is 16.0. The molecule has 0 fully saturated rings. The van der Waals surface area contributed by atoms with Crippen LogP contribution in [0.3, 0.4) is 0 Å². The lowest BCUT2D eigenvalue weighted by atomic mass is 10.0. The van der Waals surface area contributed by atoms with Crippen LogP contribution >= 0.6 is 0 Å². The molecular weight excluding hydrogens is 352 g/mol. The Morgan fingerprint density at radius 3 is 2.89 bits per heavy atom. The summed E-state index contributed by atoms with van der Waals surface area (Å²) in [5.74, 6) is 0.958. The van der Waals surface area contributed by atoms with E-state index in [1.807, 2.05) is 48.3 Å². The van der Waals surface area contributed by atoms with Gasteiger partial charge < -0.3 is 9.42 Å². The lowest BCUT2D eigenvalue weighted by Gasteiger charge is -2.30. The van der Waals surface area contributed by atoms with Crippen molar-refractivity contribution < 1.29 is 9.32 Å². The molecule has 0 spiro atoms. The number of hydrogen-bond donors (Lipinski definition) is 0. The van der Waals surface area contributed by atoms with Gasteiger partial charge in [-0.1, -0.05) is 23.4 Å². The second kappa shape index (κ2) is 8.35. The van der Waals surface area contributed by atoms with Crippen LogP contribution in [0.25, 0.3) is 11.3 Å². The predicted octanol–water partition coefficient (Wildman–Crippen LogP) is 3.54. The van der Waals surface area contributed by atoms with Gasteiger partial charge in [0.1, 0.15) is 5.69 Å². The highest BCUT2D eigenvalue weighted by Gasteiger charge is 2.22. The summed E-state index contributed by atoms with van der Waals surface area (Å²) in [5.41, 5.74) is 4.11. The molecule has 0 aliphatic carbocycles. The number of hydrogen-bond acceptors (Lipinski definition) is 5. The average Bonchev–Trinajstić information content (AvgIpc) is 3.20. The number of carbonyl (C=O) groups excluding carboxylic acids is 1. The van der Waals surface area contributed by atoms with Gasteiger partial charge in [-0.15, -0.1) is 0 Å². The maximum Gasteiger partial charge on any atom is 0.228 e. The van der Waals surface area contributed by atoms with E-state index in [2.05, 4.69) is 21.1 Å². The first-order valence-corrected chi connectivity index (χ1v) is 9.63. The monoisotopic (exact) mass is 376 g/mol. The van der Waals surface area contributed by atoms with Crippen molar-refractivity contribution in [2.24, 2.45) is 0 Å². The summed E-state index contributed by atoms with van der Waals surface area (Å²) in [7, 11) is 1.99. The number of nitrogens with zero attached hydrogens (tertiary/aromatic N) is 4. The number of amides is 1. The van der Waals surface area contributed by atoms with Gasteiger partial charge in [0.25, 0.3) is 0 Å². The third-order valence-electron chi connectivity index (χ3n) is 5.08. The Kier molecular flexibility index (Phi) is 5.48. The lowest BCUT2D eigenvalue weighted by molar-refractivity contribution is -0.119. The number of rotatable bonds is 6. The molecule has 3 aromatic rings. The summed E-state index contributed by atoms with van der Waals surface area (Å²) in [6.07, 6.45) is 6.02. The number of aryl methyl sites for hydroxylation is 1. The van der Waals surface area contributed by atoms with Crippen molar-refractivity contribution in [1.82, 2.24) is 15.0 Å². The number of carbonyl (C=O) groups is 1. The molecule has 1 aliphatic rings. The molecule has 1 amide bonds. The Hall–Kier alpha value is -2.99. The molecule has 6 heteroatoms. The Morgan fingerprint density at radius 2 is 2.04 bits per heavy atom. The van der Waals surface area contributed by atoms with Crippen LogP contribution in [0.5, 0.6) is 0 Å². The number of aromatic nitrogens is 2. The molecule has 28 heavy (non-hydrogen) atoms. The van der Waals surface area contributed by atoms with E-state index in [1.165, 1.54) is 5.56 Å². The third kappa shape index (κ3) is 4.12. The normalized spacial score (nSPS) is 13.6. The van der Waals surface area contributed by atoms with Gasteiger partial charge in [-0.2, -0.15) is 0 Å². The summed E-state index contributed by atoms with van der Waals surface area (Å²) in [6, 6.07) is 13.9. The van der Waals surface area contributed by atoms with E-state index in [-0.39, 0.29) is 5.91 Å². The molecule has 3 heterocycles. The van der Waals surface area contributed by atoms with E-state index in [1.54, 1.807) is 12.4 Å². The summed E-state index contributed by atoms with van der Waals surface area (Å²) in [6.45, 7) is 2.09. The quantitative estimate of drug-likeness (QED) is 0.658. The number of fused-ring (bicyclic) bond motifs is 1. The van der Waals surface area contributed by atoms with Gasteiger partial charge in [0.15, 0.2) is 5.76 Å². The molecule has 4 rings (SSSR count). The Balaban J connectivity index is 1.32. The summed E-state index contributed by atoms with van der Waals surface area (Å²) < 4.78 is 5.45. The van der Waals surface area contributed by atoms with Crippen LogP contribution in [0.2, 0.25) is 0 Å². The standard InChI is InChI=1S/C22H24N4O2/c1-25(16-19-15-20(24-28-19)17-8-11-23-12-9-17)14-10-22(27)26-13-4-6-18-5-2-3-7-21(18)26/h2-3,5,7-9,11-12,15H,4,6,10,13-14,16H2,1H3. The second-order valence-electron chi connectivity index (χ2n) is 7.18. The zero-order valence-corrected chi connectivity index (χ0v) is 16.0. The highest BCUT2D eigenvalue weighted by molar-refractivity contribution is 5.94. The van der Waals surface area contributed by atoms with Gasteiger partial charge in [0.05, 0.1) is 6.54 Å². The molecule has 0 saturated heterocycles. The molecule has 1 aliphatic heterocycles. The van der Waals surface area contributed by atoms with E-state index in [4.69, 9.17) is 4.52 Å². The molecule has 2 aromatic heterocycles. The minimum absolute atomic E-state index is 0.175. The first-order valence-electron chi connectivity index (χ1n) is 9.63. The number of benzene rings is 1. The van der Waals surface area contributed by atoms with E-state index in [0.29, 0.717) is 19.5 Å². The van der Waals surface area contributed by atoms with E-state index in [0.717, 1.165) is 42.1 Å². The molecule has 1 aromatic carbocycles. The minimum Gasteiger partial charge on any atom is -0.359 e. The number of para-hydroxylation sites is 1. The van der Waals surface area contributed by atoms with Crippen LogP contribution in [-0.2, 0) is 17.8 Å². The Labute approximate surface area is 164 Å². The SMILES string of the molecule is CN(CCC(=O)N1CCCc2ccccc21)Cc1cc(-c2ccncc2)no1. The van der Waals surface area contributed by atoms with Crippen molar-refractivity contribution in [2.75, 3.05) is 25.0 Å². The fourth-order valence-corrected chi connectivity index (χ4v) is 3.61. The summed E-state index contributed by atoms with van der Waals surface area (Å²) in [4.78, 5) is 20.8. The van der Waals surface area contributed by atoms with Crippen LogP contribution < -0.4 is 4.90 Å². The van der Waals surface area contributed by atoms with Gasteiger partial charge in [-0.05, 0) is 43.7 Å². The zero-order chi connectivity index (χ0) is 19.3. The lowest BCUT2D eigenvalue weighted by Crippen LogP contribution is -2.37. The van der Waals surface area contributed by atoms with Gasteiger partial charge in [0.2, 0.25) is 5.91 Å². The molecule has 0 radical (unpaired) electrons. The minimum atomic E-state index is 0.175. The van der Waals surface area contributed by atoms with Gasteiger partial charge in [-0.3, -0.25) is 14.7 Å². The summed E-state index contributed by atoms with van der Waals surface area (Å²) >= 11 is 0. The van der Waals surface area contributed by atoms with Crippen LogP contribution in [0, 0.1) is 0 Å². The molecule has 0 unspecified atom stereocenters. The van der Waals surface area contributed by atoms with Crippen molar-refractivity contribution in [1.29, 1.82) is 0 Å². The van der Waals surface area contributed by atoms with Crippen molar-refractivity contribution in [3.8, 4) is 11.3 Å². The van der Waals surface area contributed by atoms with Gasteiger partial charge >= 0.3 is 0 Å². The Bertz CT molecular complexity index is 938. The van der Waals surface area contributed by atoms with Crippen molar-refractivity contribution in [3.63, 3.8) is 0 Å². The molecule has 144 valence electrons. The topological polar surface area (TPSA) is 62.5 Å². The molecule has 0 N–H and O–H groups in total. The largest absolute Gasteiger partial charge is 0.359 e. The van der Waals surface area contributed by atoms with Gasteiger partial charge in [0, 0.05) is 49.2 Å². The van der Waals surface area contributed by atoms with Crippen molar-refractivity contribution >= 4 is 11.6 Å². The highest BCUT2D eigenvalue weighted by atomic mass is 16.5. The van der Waals surface area contributed by atoms with Crippen molar-refractivity contribution in [3.05, 3.63) is 66.2 Å². The Morgan fingerprint density at radius 1 is 1.21 bits per heavy atom. The number of anilines is 1. The van der Waals surface area contributed by atoms with Crippen LogP contribution in [0.15, 0.2) is 59.4 Å². The first kappa shape index (κ1) is 18.4. The molecule has 0 saturated carbocycles. The van der Waals surface area contributed by atoms with E-state index < -0.39 is 0 Å². The molecular formula is C22H24N4O2. The van der Waals surface area contributed by atoms with Crippen molar-refractivity contribution in [2.45, 2.75) is 25.8 Å². The molecule has 0 atom stereocenters. The summed E-state index contributed by atoms with van der Waals surface area (Å²) in [5, 5.41) is 4.13. The van der Waals surface area contributed by atoms with Gasteiger partial charge in [-0.25, -0.2) is 0 Å².